The molecule has 0 unspecified atom stereocenters. The molecule has 2 aromatic carbocycles. The first-order valence-corrected chi connectivity index (χ1v) is 6.93. The van der Waals surface area contributed by atoms with Gasteiger partial charge < -0.3 is 4.74 Å². The molecular formula is C14H11BrFNO3. The standard InChI is InChI=1S/C14H11BrFNO3/c15-8-11-3-1-2-4-14(11)20-9-10-5-12(16)7-13(6-10)17(18)19/h1-7H,8-9H2. The van der Waals surface area contributed by atoms with Crippen molar-refractivity contribution in [1.82, 2.24) is 0 Å². The Labute approximate surface area is 123 Å². The number of para-hydroxylation sites is 1. The summed E-state index contributed by atoms with van der Waals surface area (Å²) in [7, 11) is 0. The lowest BCUT2D eigenvalue weighted by Crippen LogP contribution is -2.00. The summed E-state index contributed by atoms with van der Waals surface area (Å²) in [5.74, 6) is 0.0165. The Hall–Kier alpha value is -1.95. The SMILES string of the molecule is O=[N+]([O-])c1cc(F)cc(COc2ccccc2CBr)c1. The van der Waals surface area contributed by atoms with E-state index in [1.165, 1.54) is 12.1 Å². The van der Waals surface area contributed by atoms with Gasteiger partial charge in [-0.2, -0.15) is 0 Å². The number of alkyl halides is 1. The van der Waals surface area contributed by atoms with Gasteiger partial charge >= 0.3 is 0 Å². The molecule has 0 saturated carbocycles. The van der Waals surface area contributed by atoms with E-state index in [9.17, 15) is 14.5 Å². The Bertz CT molecular complexity index is 634. The van der Waals surface area contributed by atoms with Gasteiger partial charge in [0.1, 0.15) is 18.2 Å². The van der Waals surface area contributed by atoms with Gasteiger partial charge in [-0.25, -0.2) is 4.39 Å². The molecule has 6 heteroatoms. The third-order valence-corrected chi connectivity index (χ3v) is 3.27. The van der Waals surface area contributed by atoms with Gasteiger partial charge in [0.15, 0.2) is 0 Å². The van der Waals surface area contributed by atoms with E-state index >= 15 is 0 Å². The Morgan fingerprint density at radius 1 is 1.25 bits per heavy atom. The predicted molar refractivity (Wildman–Crippen MR) is 76.5 cm³/mol. The fourth-order valence-corrected chi connectivity index (χ4v) is 2.20. The molecule has 0 spiro atoms. The molecule has 0 amide bonds. The highest BCUT2D eigenvalue weighted by atomic mass is 79.9. The van der Waals surface area contributed by atoms with Crippen molar-refractivity contribution in [3.05, 3.63) is 69.5 Å². The van der Waals surface area contributed by atoms with E-state index in [1.54, 1.807) is 6.07 Å². The summed E-state index contributed by atoms with van der Waals surface area (Å²) in [6, 6.07) is 10.8. The molecule has 0 N–H and O–H groups in total. The Kier molecular flexibility index (Phi) is 4.68. The van der Waals surface area contributed by atoms with Crippen LogP contribution < -0.4 is 4.74 Å². The molecule has 2 aromatic rings. The minimum atomic E-state index is -0.647. The van der Waals surface area contributed by atoms with Crippen LogP contribution in [0, 0.1) is 15.9 Å². The number of benzene rings is 2. The summed E-state index contributed by atoms with van der Waals surface area (Å²) < 4.78 is 18.9. The summed E-state index contributed by atoms with van der Waals surface area (Å²) in [6.45, 7) is 0.0720. The van der Waals surface area contributed by atoms with E-state index in [0.717, 1.165) is 11.6 Å². The number of nitro groups is 1. The van der Waals surface area contributed by atoms with Crippen molar-refractivity contribution < 1.29 is 14.1 Å². The summed E-state index contributed by atoms with van der Waals surface area (Å²) in [5, 5.41) is 11.3. The van der Waals surface area contributed by atoms with Crippen molar-refractivity contribution in [3.63, 3.8) is 0 Å². The topological polar surface area (TPSA) is 52.4 Å². The first-order valence-electron chi connectivity index (χ1n) is 5.80. The lowest BCUT2D eigenvalue weighted by Gasteiger charge is -2.09. The lowest BCUT2D eigenvalue weighted by molar-refractivity contribution is -0.385. The van der Waals surface area contributed by atoms with Crippen LogP contribution in [-0.2, 0) is 11.9 Å². The normalized spacial score (nSPS) is 10.3. The maximum Gasteiger partial charge on any atom is 0.272 e. The van der Waals surface area contributed by atoms with Crippen molar-refractivity contribution in [3.8, 4) is 5.75 Å². The molecule has 0 bridgehead atoms. The van der Waals surface area contributed by atoms with Crippen LogP contribution in [0.25, 0.3) is 0 Å². The number of nitro benzene ring substituents is 1. The van der Waals surface area contributed by atoms with E-state index < -0.39 is 10.7 Å². The number of hydrogen-bond donors (Lipinski definition) is 0. The highest BCUT2D eigenvalue weighted by Gasteiger charge is 2.10. The molecule has 0 aliphatic carbocycles. The Morgan fingerprint density at radius 2 is 2.00 bits per heavy atom. The molecule has 0 radical (unpaired) electrons. The van der Waals surface area contributed by atoms with E-state index in [2.05, 4.69) is 15.9 Å². The second-order valence-corrected chi connectivity index (χ2v) is 4.67. The van der Waals surface area contributed by atoms with Crippen molar-refractivity contribution >= 4 is 21.6 Å². The molecule has 0 aromatic heterocycles. The third-order valence-electron chi connectivity index (χ3n) is 2.66. The number of non-ortho nitro benzene ring substituents is 1. The molecule has 0 aliphatic heterocycles. The van der Waals surface area contributed by atoms with E-state index in [-0.39, 0.29) is 12.3 Å². The zero-order chi connectivity index (χ0) is 14.5. The van der Waals surface area contributed by atoms with Crippen molar-refractivity contribution in [1.29, 1.82) is 0 Å². The summed E-state index contributed by atoms with van der Waals surface area (Å²) >= 11 is 3.35. The summed E-state index contributed by atoms with van der Waals surface area (Å²) in [6.07, 6.45) is 0. The minimum Gasteiger partial charge on any atom is -0.489 e. The first kappa shape index (κ1) is 14.5. The van der Waals surface area contributed by atoms with E-state index in [4.69, 9.17) is 4.74 Å². The van der Waals surface area contributed by atoms with E-state index in [0.29, 0.717) is 16.6 Å². The molecule has 0 fully saturated rings. The average molecular weight is 340 g/mol. The zero-order valence-electron chi connectivity index (χ0n) is 10.4. The lowest BCUT2D eigenvalue weighted by atomic mass is 10.2. The van der Waals surface area contributed by atoms with Crippen LogP contribution in [0.3, 0.4) is 0 Å². The summed E-state index contributed by atoms with van der Waals surface area (Å²) in [4.78, 5) is 10.0. The molecule has 0 saturated heterocycles. The molecule has 104 valence electrons. The number of hydrogen-bond acceptors (Lipinski definition) is 3. The zero-order valence-corrected chi connectivity index (χ0v) is 12.0. The largest absolute Gasteiger partial charge is 0.489 e. The molecule has 4 nitrogen and oxygen atoms in total. The van der Waals surface area contributed by atoms with Gasteiger partial charge in [-0.1, -0.05) is 34.1 Å². The van der Waals surface area contributed by atoms with E-state index in [1.807, 2.05) is 18.2 Å². The van der Waals surface area contributed by atoms with Crippen LogP contribution in [0.2, 0.25) is 0 Å². The van der Waals surface area contributed by atoms with Gasteiger partial charge in [0.25, 0.3) is 5.69 Å². The number of halogens is 2. The molecule has 0 heterocycles. The Balaban J connectivity index is 2.16. The van der Waals surface area contributed by atoms with Crippen LogP contribution >= 0.6 is 15.9 Å². The number of rotatable bonds is 5. The van der Waals surface area contributed by atoms with Gasteiger partial charge in [0.2, 0.25) is 0 Å². The van der Waals surface area contributed by atoms with Gasteiger partial charge in [-0.05, 0) is 17.7 Å². The van der Waals surface area contributed by atoms with Gasteiger partial charge in [0.05, 0.1) is 11.0 Å². The predicted octanol–water partition coefficient (Wildman–Crippen LogP) is 4.21. The highest BCUT2D eigenvalue weighted by molar-refractivity contribution is 9.08. The van der Waals surface area contributed by atoms with Crippen LogP contribution in [0.4, 0.5) is 10.1 Å². The molecule has 0 aliphatic rings. The van der Waals surface area contributed by atoms with Crippen LogP contribution in [0.1, 0.15) is 11.1 Å². The molecule has 2 rings (SSSR count). The third kappa shape index (κ3) is 3.54. The second kappa shape index (κ2) is 6.47. The van der Waals surface area contributed by atoms with Crippen molar-refractivity contribution in [2.45, 2.75) is 11.9 Å². The fraction of sp³-hybridized carbons (Fsp3) is 0.143. The maximum absolute atomic E-state index is 13.3. The molecular weight excluding hydrogens is 329 g/mol. The molecule has 0 atom stereocenters. The maximum atomic E-state index is 13.3. The average Bonchev–Trinajstić information content (AvgIpc) is 2.44. The summed E-state index contributed by atoms with van der Waals surface area (Å²) in [5.41, 5.74) is 1.09. The first-order chi connectivity index (χ1) is 9.60. The monoisotopic (exact) mass is 339 g/mol. The van der Waals surface area contributed by atoms with Gasteiger partial charge in [-0.15, -0.1) is 0 Å². The minimum absolute atomic E-state index is 0.0720. The van der Waals surface area contributed by atoms with Crippen LogP contribution in [0.5, 0.6) is 5.75 Å². The van der Waals surface area contributed by atoms with Crippen molar-refractivity contribution in [2.24, 2.45) is 0 Å². The van der Waals surface area contributed by atoms with Crippen molar-refractivity contribution in [2.75, 3.05) is 0 Å². The second-order valence-electron chi connectivity index (χ2n) is 4.10. The Morgan fingerprint density at radius 3 is 2.70 bits per heavy atom. The molecule has 20 heavy (non-hydrogen) atoms. The van der Waals surface area contributed by atoms with Gasteiger partial charge in [0, 0.05) is 17.0 Å². The van der Waals surface area contributed by atoms with Crippen LogP contribution in [-0.4, -0.2) is 4.92 Å². The van der Waals surface area contributed by atoms with Crippen LogP contribution in [0.15, 0.2) is 42.5 Å². The van der Waals surface area contributed by atoms with Gasteiger partial charge in [-0.3, -0.25) is 10.1 Å². The number of ether oxygens (including phenoxy) is 1. The number of nitrogens with zero attached hydrogens (tertiary/aromatic N) is 1. The highest BCUT2D eigenvalue weighted by Crippen LogP contribution is 2.23. The quantitative estimate of drug-likeness (QED) is 0.465. The fourth-order valence-electron chi connectivity index (χ4n) is 1.74. The smallest absolute Gasteiger partial charge is 0.272 e.